The number of anilines is 2. The van der Waals surface area contributed by atoms with Gasteiger partial charge in [-0.05, 0) is 32.4 Å². The van der Waals surface area contributed by atoms with E-state index in [1.54, 1.807) is 0 Å². The van der Waals surface area contributed by atoms with Crippen LogP contribution in [-0.4, -0.2) is 28.2 Å². The molecule has 2 heterocycles. The lowest BCUT2D eigenvalue weighted by molar-refractivity contribution is 0.105. The Bertz CT molecular complexity index is 615. The predicted octanol–water partition coefficient (Wildman–Crippen LogP) is 2.19. The number of nitrogens with two attached hydrogens (primary N) is 1. The van der Waals surface area contributed by atoms with E-state index in [-0.39, 0.29) is 17.6 Å². The van der Waals surface area contributed by atoms with E-state index < -0.39 is 0 Å². The van der Waals surface area contributed by atoms with E-state index in [4.69, 9.17) is 10.5 Å². The van der Waals surface area contributed by atoms with Gasteiger partial charge in [-0.15, -0.1) is 0 Å². The molecule has 1 aliphatic rings. The predicted molar refractivity (Wildman–Crippen MR) is 76.0 cm³/mol. The molecule has 0 spiro atoms. The Morgan fingerprint density at radius 2 is 2.16 bits per heavy atom. The summed E-state index contributed by atoms with van der Waals surface area (Å²) in [4.78, 5) is 8.59. The third-order valence-electron chi connectivity index (χ3n) is 3.91. The van der Waals surface area contributed by atoms with Crippen LogP contribution in [0.4, 0.5) is 11.8 Å². The molecule has 3 N–H and O–H groups in total. The first-order valence-corrected chi connectivity index (χ1v) is 6.50. The molecular formula is C14H18N4O. The molecule has 2 unspecified atom stereocenters. The highest BCUT2D eigenvalue weighted by molar-refractivity contribution is 5.90. The lowest BCUT2D eigenvalue weighted by atomic mass is 9.94. The highest BCUT2D eigenvalue weighted by atomic mass is 16.5. The first-order chi connectivity index (χ1) is 9.08. The van der Waals surface area contributed by atoms with Crippen molar-refractivity contribution in [3.63, 3.8) is 0 Å². The fourth-order valence-corrected chi connectivity index (χ4v) is 2.46. The van der Waals surface area contributed by atoms with Crippen LogP contribution < -0.4 is 11.1 Å². The molecule has 1 saturated heterocycles. The average molecular weight is 258 g/mol. The van der Waals surface area contributed by atoms with Crippen LogP contribution in [0.5, 0.6) is 0 Å². The number of fused-ring (bicyclic) bond motifs is 1. The highest BCUT2D eigenvalue weighted by Gasteiger charge is 2.37. The van der Waals surface area contributed by atoms with E-state index in [0.29, 0.717) is 0 Å². The van der Waals surface area contributed by atoms with Crippen molar-refractivity contribution in [1.29, 1.82) is 0 Å². The van der Waals surface area contributed by atoms with Crippen LogP contribution in [0.3, 0.4) is 0 Å². The Kier molecular flexibility index (Phi) is 2.78. The van der Waals surface area contributed by atoms with Crippen molar-refractivity contribution in [2.45, 2.75) is 31.9 Å². The number of para-hydroxylation sites is 1. The van der Waals surface area contributed by atoms with E-state index in [2.05, 4.69) is 29.1 Å². The number of benzene rings is 1. The maximum atomic E-state index is 5.78. The summed E-state index contributed by atoms with van der Waals surface area (Å²) < 4.78 is 5.65. The minimum absolute atomic E-state index is 0.121. The monoisotopic (exact) mass is 258 g/mol. The number of ether oxygens (including phenoxy) is 1. The van der Waals surface area contributed by atoms with Crippen LogP contribution in [0, 0.1) is 0 Å². The van der Waals surface area contributed by atoms with Crippen LogP contribution in [-0.2, 0) is 4.74 Å². The molecule has 0 saturated carbocycles. The first-order valence-electron chi connectivity index (χ1n) is 6.50. The molecular weight excluding hydrogens is 240 g/mol. The van der Waals surface area contributed by atoms with E-state index in [1.807, 2.05) is 24.3 Å². The Morgan fingerprint density at radius 3 is 2.89 bits per heavy atom. The number of hydrogen-bond acceptors (Lipinski definition) is 5. The van der Waals surface area contributed by atoms with Crippen molar-refractivity contribution in [1.82, 2.24) is 9.97 Å². The Labute approximate surface area is 112 Å². The summed E-state index contributed by atoms with van der Waals surface area (Å²) in [5.74, 6) is 1.07. The quantitative estimate of drug-likeness (QED) is 0.863. The molecule has 3 rings (SSSR count). The third kappa shape index (κ3) is 2.10. The zero-order valence-corrected chi connectivity index (χ0v) is 11.2. The van der Waals surface area contributed by atoms with Crippen LogP contribution in [0.2, 0.25) is 0 Å². The minimum atomic E-state index is -0.121. The van der Waals surface area contributed by atoms with Gasteiger partial charge in [0, 0.05) is 12.0 Å². The van der Waals surface area contributed by atoms with Gasteiger partial charge >= 0.3 is 0 Å². The van der Waals surface area contributed by atoms with Gasteiger partial charge in [-0.1, -0.05) is 12.1 Å². The van der Waals surface area contributed by atoms with Gasteiger partial charge in [0.2, 0.25) is 5.95 Å². The van der Waals surface area contributed by atoms with Gasteiger partial charge < -0.3 is 15.8 Å². The van der Waals surface area contributed by atoms with E-state index in [9.17, 15) is 0 Å². The van der Waals surface area contributed by atoms with Crippen molar-refractivity contribution in [2.24, 2.45) is 0 Å². The molecule has 2 aromatic rings. The molecule has 0 radical (unpaired) electrons. The molecule has 1 aliphatic heterocycles. The van der Waals surface area contributed by atoms with Gasteiger partial charge in [-0.3, -0.25) is 0 Å². The maximum absolute atomic E-state index is 5.78. The SMILES string of the molecule is CC1OCCC1(C)Nc1nc(N)nc2ccccc12. The van der Waals surface area contributed by atoms with Gasteiger partial charge in [0.1, 0.15) is 5.82 Å². The van der Waals surface area contributed by atoms with Crippen molar-refractivity contribution < 1.29 is 4.74 Å². The second-order valence-electron chi connectivity index (χ2n) is 5.25. The molecule has 5 nitrogen and oxygen atoms in total. The Morgan fingerprint density at radius 1 is 1.37 bits per heavy atom. The molecule has 100 valence electrons. The molecule has 2 atom stereocenters. The summed E-state index contributed by atoms with van der Waals surface area (Å²) in [7, 11) is 0. The fraction of sp³-hybridized carbons (Fsp3) is 0.429. The van der Waals surface area contributed by atoms with Crippen molar-refractivity contribution in [3.8, 4) is 0 Å². The van der Waals surface area contributed by atoms with Gasteiger partial charge in [0.15, 0.2) is 0 Å². The normalized spacial score (nSPS) is 26.7. The lowest BCUT2D eigenvalue weighted by Gasteiger charge is -2.30. The highest BCUT2D eigenvalue weighted by Crippen LogP contribution is 2.31. The summed E-state index contributed by atoms with van der Waals surface area (Å²) >= 11 is 0. The fourth-order valence-electron chi connectivity index (χ4n) is 2.46. The number of rotatable bonds is 2. The van der Waals surface area contributed by atoms with Gasteiger partial charge in [-0.2, -0.15) is 4.98 Å². The van der Waals surface area contributed by atoms with Crippen molar-refractivity contribution in [2.75, 3.05) is 17.7 Å². The number of aromatic nitrogens is 2. The second kappa shape index (κ2) is 4.35. The lowest BCUT2D eigenvalue weighted by Crippen LogP contribution is -2.41. The molecule has 1 aromatic heterocycles. The summed E-state index contributed by atoms with van der Waals surface area (Å²) in [5, 5.41) is 4.48. The number of hydrogen-bond donors (Lipinski definition) is 2. The molecule has 5 heteroatoms. The van der Waals surface area contributed by atoms with Gasteiger partial charge in [0.05, 0.1) is 17.2 Å². The maximum Gasteiger partial charge on any atom is 0.222 e. The van der Waals surface area contributed by atoms with E-state index in [0.717, 1.165) is 29.7 Å². The summed E-state index contributed by atoms with van der Waals surface area (Å²) in [6, 6.07) is 7.86. The van der Waals surface area contributed by atoms with Crippen LogP contribution in [0.25, 0.3) is 10.9 Å². The van der Waals surface area contributed by atoms with Crippen molar-refractivity contribution >= 4 is 22.7 Å². The summed E-state index contributed by atoms with van der Waals surface area (Å²) in [6.45, 7) is 4.99. The van der Waals surface area contributed by atoms with Crippen LogP contribution in [0.15, 0.2) is 24.3 Å². The zero-order chi connectivity index (χ0) is 13.5. The van der Waals surface area contributed by atoms with Crippen LogP contribution in [0.1, 0.15) is 20.3 Å². The summed E-state index contributed by atoms with van der Waals surface area (Å²) in [6.07, 6.45) is 1.09. The largest absolute Gasteiger partial charge is 0.376 e. The second-order valence-corrected chi connectivity index (χ2v) is 5.25. The van der Waals surface area contributed by atoms with Crippen LogP contribution >= 0.6 is 0 Å². The summed E-state index contributed by atoms with van der Waals surface area (Å²) in [5.41, 5.74) is 6.52. The van der Waals surface area contributed by atoms with Crippen molar-refractivity contribution in [3.05, 3.63) is 24.3 Å². The number of nitrogens with zero attached hydrogens (tertiary/aromatic N) is 2. The minimum Gasteiger partial charge on any atom is -0.376 e. The zero-order valence-electron chi connectivity index (χ0n) is 11.2. The van der Waals surface area contributed by atoms with Gasteiger partial charge in [-0.25, -0.2) is 4.98 Å². The molecule has 19 heavy (non-hydrogen) atoms. The average Bonchev–Trinajstić information content (AvgIpc) is 2.69. The smallest absolute Gasteiger partial charge is 0.222 e. The Hall–Kier alpha value is -1.88. The number of nitrogen functional groups attached to an aromatic ring is 1. The van der Waals surface area contributed by atoms with Gasteiger partial charge in [0.25, 0.3) is 0 Å². The molecule has 1 fully saturated rings. The third-order valence-corrected chi connectivity index (χ3v) is 3.91. The molecule has 0 aliphatic carbocycles. The molecule has 1 aromatic carbocycles. The Balaban J connectivity index is 2.05. The number of nitrogens with one attached hydrogen (secondary N) is 1. The first kappa shape index (κ1) is 12.2. The molecule has 0 bridgehead atoms. The molecule has 0 amide bonds. The topological polar surface area (TPSA) is 73.1 Å². The van der Waals surface area contributed by atoms with E-state index >= 15 is 0 Å². The standard InChI is InChI=1S/C14H18N4O/c1-9-14(2,7-8-19-9)18-12-10-5-3-4-6-11(10)16-13(15)17-12/h3-6,9H,7-8H2,1-2H3,(H3,15,16,17,18). The van der Waals surface area contributed by atoms with E-state index in [1.165, 1.54) is 0 Å².